The van der Waals surface area contributed by atoms with Crippen molar-refractivity contribution in [2.24, 2.45) is 0 Å². The molecule has 28 heavy (non-hydrogen) atoms. The Morgan fingerprint density at radius 2 is 1.79 bits per heavy atom. The number of hydrogen-bond acceptors (Lipinski definition) is 3. The van der Waals surface area contributed by atoms with E-state index in [1.807, 2.05) is 41.8 Å². The highest BCUT2D eigenvalue weighted by molar-refractivity contribution is 7.89. The highest BCUT2D eigenvalue weighted by Crippen LogP contribution is 2.29. The van der Waals surface area contributed by atoms with Crippen LogP contribution in [0, 0.1) is 6.92 Å². The molecule has 4 rings (SSSR count). The molecule has 146 valence electrons. The van der Waals surface area contributed by atoms with Crippen LogP contribution in [0.2, 0.25) is 5.02 Å². The number of halogens is 1. The van der Waals surface area contributed by atoms with Gasteiger partial charge in [-0.3, -0.25) is 4.79 Å². The van der Waals surface area contributed by atoms with Gasteiger partial charge in [-0.2, -0.15) is 4.31 Å². The topological polar surface area (TPSA) is 58.9 Å². The van der Waals surface area contributed by atoms with Crippen LogP contribution in [0.5, 0.6) is 0 Å². The van der Waals surface area contributed by atoms with Gasteiger partial charge in [0.15, 0.2) is 0 Å². The predicted molar refractivity (Wildman–Crippen MR) is 110 cm³/mol. The van der Waals surface area contributed by atoms with Crippen LogP contribution in [0.4, 0.5) is 0 Å². The SMILES string of the molecule is Cc1cc2ccccn2c1C(=O)c1ccc(Cl)c(S(=O)(=O)N2CCCCC2)c1. The number of hydrogen-bond donors (Lipinski definition) is 0. The van der Waals surface area contributed by atoms with E-state index in [4.69, 9.17) is 11.6 Å². The van der Waals surface area contributed by atoms with E-state index in [0.717, 1.165) is 30.3 Å². The lowest BCUT2D eigenvalue weighted by Gasteiger charge is -2.26. The van der Waals surface area contributed by atoms with Crippen molar-refractivity contribution in [2.45, 2.75) is 31.1 Å². The van der Waals surface area contributed by atoms with Crippen LogP contribution in [-0.4, -0.2) is 36.0 Å². The maximum Gasteiger partial charge on any atom is 0.244 e. The number of pyridine rings is 1. The standard InChI is InChI=1S/C21H21ClN2O3S/c1-15-13-17-7-3-6-12-24(17)20(15)21(25)16-8-9-18(22)19(14-16)28(26,27)23-10-4-2-5-11-23/h3,6-9,12-14H,2,4-5,10-11H2,1H3. The molecule has 3 heterocycles. The first-order valence-corrected chi connectivity index (χ1v) is 11.1. The number of rotatable bonds is 4. The van der Waals surface area contributed by atoms with Gasteiger partial charge in [-0.1, -0.05) is 24.1 Å². The predicted octanol–water partition coefficient (Wildman–Crippen LogP) is 4.31. The lowest BCUT2D eigenvalue weighted by molar-refractivity contribution is 0.103. The van der Waals surface area contributed by atoms with Crippen molar-refractivity contribution in [1.82, 2.24) is 8.71 Å². The molecular formula is C21H21ClN2O3S. The number of benzene rings is 1. The van der Waals surface area contributed by atoms with Crippen LogP contribution in [0.15, 0.2) is 53.6 Å². The van der Waals surface area contributed by atoms with Gasteiger partial charge >= 0.3 is 0 Å². The Balaban J connectivity index is 1.78. The largest absolute Gasteiger partial charge is 0.313 e. The van der Waals surface area contributed by atoms with E-state index < -0.39 is 10.0 Å². The summed E-state index contributed by atoms with van der Waals surface area (Å²) in [6, 6.07) is 12.1. The third-order valence-corrected chi connectivity index (χ3v) is 7.59. The molecule has 0 aliphatic carbocycles. The molecule has 0 spiro atoms. The summed E-state index contributed by atoms with van der Waals surface area (Å²) in [5.74, 6) is -0.226. The molecule has 2 aromatic heterocycles. The number of carbonyl (C=O) groups excluding carboxylic acids is 1. The second-order valence-electron chi connectivity index (χ2n) is 7.11. The van der Waals surface area contributed by atoms with E-state index >= 15 is 0 Å². The van der Waals surface area contributed by atoms with E-state index in [0.29, 0.717) is 24.3 Å². The number of carbonyl (C=O) groups is 1. The van der Waals surface area contributed by atoms with Crippen LogP contribution < -0.4 is 0 Å². The number of aryl methyl sites for hydroxylation is 1. The minimum Gasteiger partial charge on any atom is -0.313 e. The van der Waals surface area contributed by atoms with Gasteiger partial charge in [0.2, 0.25) is 15.8 Å². The summed E-state index contributed by atoms with van der Waals surface area (Å²) in [5, 5.41) is 0.138. The molecule has 5 nitrogen and oxygen atoms in total. The molecule has 0 saturated carbocycles. The quantitative estimate of drug-likeness (QED) is 0.595. The van der Waals surface area contributed by atoms with Crippen LogP contribution in [0.25, 0.3) is 5.52 Å². The second-order valence-corrected chi connectivity index (χ2v) is 9.42. The smallest absolute Gasteiger partial charge is 0.244 e. The first kappa shape index (κ1) is 19.2. The Morgan fingerprint density at radius 1 is 1.04 bits per heavy atom. The van der Waals surface area contributed by atoms with Crippen molar-refractivity contribution in [2.75, 3.05) is 13.1 Å². The van der Waals surface area contributed by atoms with Crippen LogP contribution in [0.1, 0.15) is 40.9 Å². The molecular weight excluding hydrogens is 396 g/mol. The summed E-state index contributed by atoms with van der Waals surface area (Å²) in [5.41, 5.74) is 2.59. The van der Waals surface area contributed by atoms with Gasteiger partial charge in [0, 0.05) is 30.4 Å². The van der Waals surface area contributed by atoms with E-state index in [-0.39, 0.29) is 15.7 Å². The van der Waals surface area contributed by atoms with Crippen molar-refractivity contribution >= 4 is 32.9 Å². The number of fused-ring (bicyclic) bond motifs is 1. The molecule has 0 atom stereocenters. The molecule has 0 unspecified atom stereocenters. The molecule has 0 amide bonds. The summed E-state index contributed by atoms with van der Waals surface area (Å²) >= 11 is 6.23. The van der Waals surface area contributed by atoms with E-state index in [1.54, 1.807) is 6.07 Å². The van der Waals surface area contributed by atoms with E-state index in [2.05, 4.69) is 0 Å². The van der Waals surface area contributed by atoms with Gasteiger partial charge in [0.25, 0.3) is 0 Å². The van der Waals surface area contributed by atoms with Crippen LogP contribution >= 0.6 is 11.6 Å². The Hall–Kier alpha value is -2.15. The average Bonchev–Trinajstić information content (AvgIpc) is 3.04. The zero-order chi connectivity index (χ0) is 19.9. The minimum atomic E-state index is -3.73. The molecule has 0 N–H and O–H groups in total. The van der Waals surface area contributed by atoms with Crippen LogP contribution in [-0.2, 0) is 10.0 Å². The Morgan fingerprint density at radius 3 is 2.54 bits per heavy atom. The molecule has 1 aliphatic heterocycles. The Kier molecular flexibility index (Phi) is 5.04. The van der Waals surface area contributed by atoms with Crippen molar-refractivity contribution in [3.63, 3.8) is 0 Å². The molecule has 0 bridgehead atoms. The van der Waals surface area contributed by atoms with Crippen molar-refractivity contribution in [1.29, 1.82) is 0 Å². The lowest BCUT2D eigenvalue weighted by atomic mass is 10.1. The average molecular weight is 417 g/mol. The summed E-state index contributed by atoms with van der Waals surface area (Å²) in [6.07, 6.45) is 4.53. The highest BCUT2D eigenvalue weighted by atomic mass is 35.5. The fraction of sp³-hybridized carbons (Fsp3) is 0.286. The number of piperidine rings is 1. The fourth-order valence-corrected chi connectivity index (χ4v) is 5.79. The first-order valence-electron chi connectivity index (χ1n) is 9.31. The fourth-order valence-electron chi connectivity index (χ4n) is 3.77. The van der Waals surface area contributed by atoms with Gasteiger partial charge in [0.1, 0.15) is 4.90 Å². The molecule has 3 aromatic rings. The maximum atomic E-state index is 13.2. The molecule has 1 aromatic carbocycles. The lowest BCUT2D eigenvalue weighted by Crippen LogP contribution is -2.35. The Labute approximate surface area is 169 Å². The zero-order valence-electron chi connectivity index (χ0n) is 15.6. The van der Waals surface area contributed by atoms with E-state index in [1.165, 1.54) is 16.4 Å². The number of sulfonamides is 1. The molecule has 1 fully saturated rings. The Bertz CT molecular complexity index is 1160. The van der Waals surface area contributed by atoms with Gasteiger partial charge in [0.05, 0.1) is 10.7 Å². The summed E-state index contributed by atoms with van der Waals surface area (Å²) in [7, 11) is -3.73. The van der Waals surface area contributed by atoms with E-state index in [9.17, 15) is 13.2 Å². The van der Waals surface area contributed by atoms with Crippen molar-refractivity contribution in [3.05, 3.63) is 70.5 Å². The monoisotopic (exact) mass is 416 g/mol. The van der Waals surface area contributed by atoms with Gasteiger partial charge in [-0.15, -0.1) is 0 Å². The van der Waals surface area contributed by atoms with Crippen molar-refractivity contribution < 1.29 is 13.2 Å². The summed E-state index contributed by atoms with van der Waals surface area (Å²) in [4.78, 5) is 13.2. The highest BCUT2D eigenvalue weighted by Gasteiger charge is 2.29. The molecule has 1 saturated heterocycles. The third-order valence-electron chi connectivity index (χ3n) is 5.21. The van der Waals surface area contributed by atoms with Gasteiger partial charge in [-0.25, -0.2) is 8.42 Å². The second kappa shape index (κ2) is 7.35. The zero-order valence-corrected chi connectivity index (χ0v) is 17.1. The molecule has 0 radical (unpaired) electrons. The third kappa shape index (κ3) is 3.26. The number of ketones is 1. The van der Waals surface area contributed by atoms with Crippen LogP contribution in [0.3, 0.4) is 0 Å². The summed E-state index contributed by atoms with van der Waals surface area (Å²) in [6.45, 7) is 2.85. The molecule has 1 aliphatic rings. The first-order chi connectivity index (χ1) is 13.4. The minimum absolute atomic E-state index is 0.000399. The maximum absolute atomic E-state index is 13.2. The number of nitrogens with zero attached hydrogens (tertiary/aromatic N) is 2. The van der Waals surface area contributed by atoms with Gasteiger partial charge in [-0.05, 0) is 61.7 Å². The normalized spacial score (nSPS) is 15.8. The molecule has 7 heteroatoms. The number of aromatic nitrogens is 1. The van der Waals surface area contributed by atoms with Gasteiger partial charge < -0.3 is 4.40 Å². The summed E-state index contributed by atoms with van der Waals surface area (Å²) < 4.78 is 29.4. The van der Waals surface area contributed by atoms with Crippen molar-refractivity contribution in [3.8, 4) is 0 Å².